The number of allylic oxidation sites excluding steroid dienone is 5. The number of amides is 1. The molecule has 0 aromatic heterocycles. The largest absolute Gasteiger partial charge is 0.466 e. The number of hydrogen-bond donors (Lipinski definition) is 3. The molecule has 6 nitrogen and oxygen atoms in total. The van der Waals surface area contributed by atoms with Gasteiger partial charge in [-0.25, -0.2) is 0 Å². The summed E-state index contributed by atoms with van der Waals surface area (Å²) in [5, 5.41) is 22.9. The third kappa shape index (κ3) is 51.3. The molecule has 0 rings (SSSR count). The van der Waals surface area contributed by atoms with Crippen LogP contribution in [0.2, 0.25) is 0 Å². The number of nitrogens with one attached hydrogen (secondary N) is 1. The second-order valence-corrected chi connectivity index (χ2v) is 19.6. The molecular formula is C59H111NO5. The third-order valence-electron chi connectivity index (χ3n) is 13.2. The molecule has 0 aliphatic rings. The average molecular weight is 915 g/mol. The molecule has 0 aliphatic heterocycles. The van der Waals surface area contributed by atoms with Crippen molar-refractivity contribution in [3.05, 3.63) is 36.5 Å². The van der Waals surface area contributed by atoms with Crippen molar-refractivity contribution in [2.24, 2.45) is 0 Å². The van der Waals surface area contributed by atoms with Crippen molar-refractivity contribution in [1.82, 2.24) is 5.32 Å². The van der Waals surface area contributed by atoms with Gasteiger partial charge in [0.1, 0.15) is 0 Å². The smallest absolute Gasteiger partial charge is 0.305 e. The van der Waals surface area contributed by atoms with Crippen LogP contribution in [0.4, 0.5) is 0 Å². The number of rotatable bonds is 53. The van der Waals surface area contributed by atoms with Crippen molar-refractivity contribution in [2.75, 3.05) is 13.2 Å². The second kappa shape index (κ2) is 54.7. The zero-order valence-corrected chi connectivity index (χ0v) is 43.5. The van der Waals surface area contributed by atoms with Crippen LogP contribution in [0.1, 0.15) is 303 Å². The van der Waals surface area contributed by atoms with E-state index < -0.39 is 12.1 Å². The molecule has 65 heavy (non-hydrogen) atoms. The van der Waals surface area contributed by atoms with E-state index in [0.717, 1.165) is 51.4 Å². The van der Waals surface area contributed by atoms with Crippen LogP contribution in [0.3, 0.4) is 0 Å². The van der Waals surface area contributed by atoms with Crippen LogP contribution in [-0.2, 0) is 14.3 Å². The summed E-state index contributed by atoms with van der Waals surface area (Å²) in [5.41, 5.74) is 0. The molecular weight excluding hydrogens is 803 g/mol. The average Bonchev–Trinajstić information content (AvgIpc) is 3.31. The van der Waals surface area contributed by atoms with Crippen LogP contribution in [0.25, 0.3) is 0 Å². The fourth-order valence-electron chi connectivity index (χ4n) is 8.72. The minimum Gasteiger partial charge on any atom is -0.466 e. The lowest BCUT2D eigenvalue weighted by atomic mass is 10.0. The maximum Gasteiger partial charge on any atom is 0.305 e. The summed E-state index contributed by atoms with van der Waals surface area (Å²) in [5.74, 6) is -0.0704. The highest BCUT2D eigenvalue weighted by atomic mass is 16.5. The van der Waals surface area contributed by atoms with Gasteiger partial charge in [0.2, 0.25) is 5.91 Å². The number of hydrogen-bond acceptors (Lipinski definition) is 5. The number of ether oxygens (including phenoxy) is 1. The van der Waals surface area contributed by atoms with E-state index in [0.29, 0.717) is 19.4 Å². The number of carbonyl (C=O) groups excluding carboxylic acids is 2. The van der Waals surface area contributed by atoms with E-state index >= 15 is 0 Å². The van der Waals surface area contributed by atoms with Crippen LogP contribution in [0, 0.1) is 0 Å². The Morgan fingerprint density at radius 1 is 0.431 bits per heavy atom. The summed E-state index contributed by atoms with van der Waals surface area (Å²) in [4.78, 5) is 24.4. The molecule has 0 fully saturated rings. The van der Waals surface area contributed by atoms with Gasteiger partial charge in [0, 0.05) is 12.8 Å². The first-order valence-electron chi connectivity index (χ1n) is 28.8. The Morgan fingerprint density at radius 3 is 1.18 bits per heavy atom. The van der Waals surface area contributed by atoms with E-state index in [4.69, 9.17) is 4.74 Å². The first kappa shape index (κ1) is 63.1. The lowest BCUT2D eigenvalue weighted by Crippen LogP contribution is -2.45. The van der Waals surface area contributed by atoms with Crippen LogP contribution < -0.4 is 5.32 Å². The molecule has 2 unspecified atom stereocenters. The van der Waals surface area contributed by atoms with E-state index in [-0.39, 0.29) is 18.5 Å². The summed E-state index contributed by atoms with van der Waals surface area (Å²) in [6.07, 6.45) is 67.5. The highest BCUT2D eigenvalue weighted by molar-refractivity contribution is 5.76. The maximum atomic E-state index is 12.4. The summed E-state index contributed by atoms with van der Waals surface area (Å²) >= 11 is 0. The van der Waals surface area contributed by atoms with Crippen LogP contribution >= 0.6 is 0 Å². The quantitative estimate of drug-likeness (QED) is 0.0321. The molecule has 0 spiro atoms. The molecule has 3 N–H and O–H groups in total. The van der Waals surface area contributed by atoms with Gasteiger partial charge in [0.05, 0.1) is 25.4 Å². The topological polar surface area (TPSA) is 95.9 Å². The SMILES string of the molecule is CCCCCC/C=C\C/C=C\CCCCCCCC(=O)OCCCCCCCCCCCCCCCCCCCCCCCCCC(=O)NC(CO)C(O)/C=C/CCCCCCCCC. The highest BCUT2D eigenvalue weighted by Gasteiger charge is 2.18. The van der Waals surface area contributed by atoms with E-state index in [2.05, 4.69) is 43.5 Å². The van der Waals surface area contributed by atoms with E-state index in [1.165, 1.54) is 225 Å². The van der Waals surface area contributed by atoms with Gasteiger partial charge >= 0.3 is 5.97 Å². The minimum absolute atomic E-state index is 0.0000495. The zero-order valence-electron chi connectivity index (χ0n) is 43.5. The van der Waals surface area contributed by atoms with Crippen molar-refractivity contribution in [3.63, 3.8) is 0 Å². The molecule has 0 aromatic rings. The number of unbranched alkanes of at least 4 members (excludes halogenated alkanes) is 38. The summed E-state index contributed by atoms with van der Waals surface area (Å²) in [6, 6.07) is -0.625. The molecule has 0 saturated heterocycles. The zero-order chi connectivity index (χ0) is 47.2. The Bertz CT molecular complexity index is 1060. The third-order valence-corrected chi connectivity index (χ3v) is 13.2. The van der Waals surface area contributed by atoms with Crippen molar-refractivity contribution >= 4 is 11.9 Å². The van der Waals surface area contributed by atoms with Gasteiger partial charge in [-0.1, -0.05) is 262 Å². The van der Waals surface area contributed by atoms with Crippen molar-refractivity contribution in [2.45, 2.75) is 315 Å². The molecule has 0 bridgehead atoms. The molecule has 0 aliphatic carbocycles. The van der Waals surface area contributed by atoms with E-state index in [1.54, 1.807) is 6.08 Å². The summed E-state index contributed by atoms with van der Waals surface area (Å²) in [6.45, 7) is 4.85. The van der Waals surface area contributed by atoms with E-state index in [9.17, 15) is 19.8 Å². The minimum atomic E-state index is -0.842. The maximum absolute atomic E-state index is 12.4. The lowest BCUT2D eigenvalue weighted by molar-refractivity contribution is -0.143. The Morgan fingerprint density at radius 2 is 0.769 bits per heavy atom. The monoisotopic (exact) mass is 914 g/mol. The molecule has 1 amide bonds. The normalized spacial score (nSPS) is 12.9. The fraction of sp³-hybridized carbons (Fsp3) is 0.864. The van der Waals surface area contributed by atoms with Crippen molar-refractivity contribution in [1.29, 1.82) is 0 Å². The second-order valence-electron chi connectivity index (χ2n) is 19.6. The molecule has 0 aromatic carbocycles. The lowest BCUT2D eigenvalue weighted by Gasteiger charge is -2.20. The standard InChI is InChI=1S/C59H111NO5/c1-3-5-7-9-11-13-14-15-16-27-30-33-37-41-45-49-53-59(64)65-54-50-46-42-38-34-31-28-25-23-21-19-17-18-20-22-24-26-29-32-36-40-44-48-52-58(63)60-56(55-61)57(62)51-47-43-39-35-12-10-8-6-4-2/h13-14,16,27,47,51,56-57,61-62H,3-12,15,17-26,28-46,48-50,52-55H2,1-2H3,(H,60,63)/b14-13-,27-16-,51-47+. The molecule has 382 valence electrons. The predicted octanol–water partition coefficient (Wildman–Crippen LogP) is 17.6. The Hall–Kier alpha value is -1.92. The van der Waals surface area contributed by atoms with Gasteiger partial charge in [0.25, 0.3) is 0 Å². The number of aliphatic hydroxyl groups excluding tert-OH is 2. The van der Waals surface area contributed by atoms with Crippen molar-refractivity contribution in [3.8, 4) is 0 Å². The van der Waals surface area contributed by atoms with Crippen molar-refractivity contribution < 1.29 is 24.5 Å². The summed E-state index contributed by atoms with van der Waals surface area (Å²) in [7, 11) is 0. The molecule has 0 heterocycles. The predicted molar refractivity (Wildman–Crippen MR) is 283 cm³/mol. The van der Waals surface area contributed by atoms with Crippen LogP contribution in [0.5, 0.6) is 0 Å². The van der Waals surface area contributed by atoms with Gasteiger partial charge in [-0.15, -0.1) is 0 Å². The molecule has 2 atom stereocenters. The van der Waals surface area contributed by atoms with Gasteiger partial charge in [-0.3, -0.25) is 9.59 Å². The Labute approximate surface area is 404 Å². The first-order valence-corrected chi connectivity index (χ1v) is 28.8. The van der Waals surface area contributed by atoms with E-state index in [1.807, 2.05) is 6.08 Å². The first-order chi connectivity index (χ1) is 32.0. The van der Waals surface area contributed by atoms with Crippen LogP contribution in [-0.4, -0.2) is 47.4 Å². The highest BCUT2D eigenvalue weighted by Crippen LogP contribution is 2.17. The van der Waals surface area contributed by atoms with Gasteiger partial charge in [0.15, 0.2) is 0 Å². The molecule has 0 radical (unpaired) electrons. The molecule has 0 saturated carbocycles. The number of aliphatic hydroxyl groups is 2. The fourth-order valence-corrected chi connectivity index (χ4v) is 8.72. The van der Waals surface area contributed by atoms with Gasteiger partial charge in [-0.2, -0.15) is 0 Å². The van der Waals surface area contributed by atoms with Crippen LogP contribution in [0.15, 0.2) is 36.5 Å². The Kier molecular flexibility index (Phi) is 53.1. The van der Waals surface area contributed by atoms with Gasteiger partial charge in [-0.05, 0) is 64.2 Å². The summed E-state index contributed by atoms with van der Waals surface area (Å²) < 4.78 is 5.48. The molecule has 6 heteroatoms. The number of esters is 1. The van der Waals surface area contributed by atoms with Gasteiger partial charge < -0.3 is 20.3 Å². The Balaban J connectivity index is 3.36. The number of carbonyl (C=O) groups is 2.